The van der Waals surface area contributed by atoms with Crippen LogP contribution in [0.2, 0.25) is 0 Å². The fourth-order valence-electron chi connectivity index (χ4n) is 3.98. The Bertz CT molecular complexity index is 1310. The molecule has 10 nitrogen and oxygen atoms in total. The maximum atomic E-state index is 12.4. The third kappa shape index (κ3) is 7.16. The molecule has 0 spiro atoms. The molecule has 1 aromatic carbocycles. The number of carbonyl (C=O) groups is 2. The van der Waals surface area contributed by atoms with Gasteiger partial charge in [-0.15, -0.1) is 0 Å². The number of amides is 2. The first kappa shape index (κ1) is 26.3. The van der Waals surface area contributed by atoms with Crippen LogP contribution in [0.5, 0.6) is 0 Å². The second kappa shape index (κ2) is 13.0. The Labute approximate surface area is 221 Å². The van der Waals surface area contributed by atoms with E-state index in [1.165, 1.54) is 0 Å². The minimum atomic E-state index is -0.311. The van der Waals surface area contributed by atoms with Crippen LogP contribution >= 0.6 is 0 Å². The Balaban J connectivity index is 1.35. The number of benzene rings is 1. The predicted molar refractivity (Wildman–Crippen MR) is 147 cm³/mol. The van der Waals surface area contributed by atoms with Gasteiger partial charge in [-0.25, -0.2) is 9.78 Å². The van der Waals surface area contributed by atoms with Crippen molar-refractivity contribution in [2.45, 2.75) is 19.8 Å². The molecule has 2 aromatic heterocycles. The molecule has 4 N–H and O–H groups in total. The van der Waals surface area contributed by atoms with Crippen molar-refractivity contribution in [1.29, 1.82) is 0 Å². The van der Waals surface area contributed by atoms with E-state index in [-0.39, 0.29) is 18.0 Å². The average Bonchev–Trinajstić information content (AvgIpc) is 2.94. The van der Waals surface area contributed by atoms with Crippen LogP contribution in [0.4, 0.5) is 16.3 Å². The predicted octanol–water partition coefficient (Wildman–Crippen LogP) is 3.75. The summed E-state index contributed by atoms with van der Waals surface area (Å²) in [4.78, 5) is 39.2. The average molecular weight is 514 g/mol. The summed E-state index contributed by atoms with van der Waals surface area (Å²) in [6.07, 6.45) is 6.39. The van der Waals surface area contributed by atoms with Crippen molar-refractivity contribution in [3.05, 3.63) is 89.9 Å². The van der Waals surface area contributed by atoms with E-state index in [9.17, 15) is 9.59 Å². The summed E-state index contributed by atoms with van der Waals surface area (Å²) in [6.45, 7) is 3.66. The summed E-state index contributed by atoms with van der Waals surface area (Å²) in [6, 6.07) is 16.5. The molecule has 4 rings (SSSR count). The number of carbonyl (C=O) groups excluding carboxylic acids is 2. The van der Waals surface area contributed by atoms with Crippen molar-refractivity contribution in [1.82, 2.24) is 20.2 Å². The Morgan fingerprint density at radius 3 is 2.61 bits per heavy atom. The van der Waals surface area contributed by atoms with E-state index in [0.29, 0.717) is 56.2 Å². The largest absolute Gasteiger partial charge is 0.450 e. The number of guanidine groups is 1. The van der Waals surface area contributed by atoms with Crippen LogP contribution < -0.4 is 16.4 Å². The van der Waals surface area contributed by atoms with Crippen molar-refractivity contribution in [3.63, 3.8) is 0 Å². The quantitative estimate of drug-likeness (QED) is 0.308. The molecule has 2 amide bonds. The Kier molecular flexibility index (Phi) is 9.01. The van der Waals surface area contributed by atoms with Gasteiger partial charge in [0.2, 0.25) is 0 Å². The lowest BCUT2D eigenvalue weighted by molar-refractivity contribution is 0.0953. The van der Waals surface area contributed by atoms with Crippen LogP contribution in [0, 0.1) is 0 Å². The molecule has 1 aliphatic heterocycles. The molecule has 196 valence electrons. The van der Waals surface area contributed by atoms with E-state index in [2.05, 4.69) is 25.6 Å². The Morgan fingerprint density at radius 2 is 1.89 bits per heavy atom. The number of nitrogens with one attached hydrogen (secondary N) is 2. The third-order valence-corrected chi connectivity index (χ3v) is 5.91. The summed E-state index contributed by atoms with van der Waals surface area (Å²) in [7, 11) is 0. The van der Waals surface area contributed by atoms with Crippen LogP contribution in [0.1, 0.15) is 35.0 Å². The molecule has 3 heterocycles. The first-order chi connectivity index (χ1) is 18.5. The number of nitrogens with two attached hydrogens (primary N) is 1. The maximum Gasteiger partial charge on any atom is 0.410 e. The molecule has 0 atom stereocenters. The van der Waals surface area contributed by atoms with Crippen molar-refractivity contribution in [2.75, 3.05) is 31.6 Å². The minimum absolute atomic E-state index is 0.158. The maximum absolute atomic E-state index is 12.4. The standard InChI is InChI=1S/C28H31N7O3/c1-2-38-28(37)35-18-13-20(14-19-35)24-7-5-16-31-25(24)34-27(29)33-23-10-8-21(9-11-23)26(36)32-17-12-22-6-3-4-15-30-22/h3-11,13,15-16H,2,12,14,17-19H2,1H3,(H,32,36)(H3,29,31,33,34). The number of pyridine rings is 2. The molecule has 0 unspecified atom stereocenters. The lowest BCUT2D eigenvalue weighted by Gasteiger charge is -2.26. The fraction of sp³-hybridized carbons (Fsp3) is 0.250. The topological polar surface area (TPSA) is 135 Å². The van der Waals surface area contributed by atoms with Gasteiger partial charge in [0.15, 0.2) is 11.8 Å². The first-order valence-electron chi connectivity index (χ1n) is 12.5. The zero-order valence-corrected chi connectivity index (χ0v) is 21.3. The number of anilines is 1. The molecule has 10 heteroatoms. The Hall–Kier alpha value is -4.73. The second-order valence-electron chi connectivity index (χ2n) is 8.53. The lowest BCUT2D eigenvalue weighted by Crippen LogP contribution is -2.35. The Morgan fingerprint density at radius 1 is 1.08 bits per heavy atom. The van der Waals surface area contributed by atoms with Crippen LogP contribution in [0.25, 0.3) is 5.57 Å². The number of hydrogen-bond acceptors (Lipinski definition) is 6. The van der Waals surface area contributed by atoms with Gasteiger partial charge in [0.25, 0.3) is 5.91 Å². The number of hydrogen-bond donors (Lipinski definition) is 3. The number of aliphatic imine (C=N–C) groups is 1. The molecule has 0 bridgehead atoms. The third-order valence-electron chi connectivity index (χ3n) is 5.91. The van der Waals surface area contributed by atoms with Crippen LogP contribution in [0.3, 0.4) is 0 Å². The molecule has 0 saturated heterocycles. The molecule has 0 fully saturated rings. The van der Waals surface area contributed by atoms with Crippen molar-refractivity contribution < 1.29 is 14.3 Å². The van der Waals surface area contributed by atoms with Gasteiger partial charge in [-0.2, -0.15) is 4.99 Å². The summed E-state index contributed by atoms with van der Waals surface area (Å²) >= 11 is 0. The number of nitrogens with zero attached hydrogens (tertiary/aromatic N) is 4. The molecular formula is C28H31N7O3. The SMILES string of the molecule is CCOC(=O)N1CC=C(c2cccnc2N=C(N)Nc2ccc(C(=O)NCCc3ccccn3)cc2)CC1. The molecule has 3 aromatic rings. The molecule has 38 heavy (non-hydrogen) atoms. The molecule has 0 radical (unpaired) electrons. The summed E-state index contributed by atoms with van der Waals surface area (Å²) in [5.74, 6) is 0.494. The van der Waals surface area contributed by atoms with Crippen molar-refractivity contribution in [3.8, 4) is 0 Å². The van der Waals surface area contributed by atoms with Crippen molar-refractivity contribution >= 4 is 35.0 Å². The van der Waals surface area contributed by atoms with Gasteiger partial charge < -0.3 is 26.0 Å². The van der Waals surface area contributed by atoms with E-state index in [0.717, 1.165) is 16.8 Å². The van der Waals surface area contributed by atoms with Gasteiger partial charge in [-0.1, -0.05) is 12.1 Å². The lowest BCUT2D eigenvalue weighted by atomic mass is 10.0. The normalized spacial score (nSPS) is 13.4. The van der Waals surface area contributed by atoms with Gasteiger partial charge in [0.05, 0.1) is 6.61 Å². The highest BCUT2D eigenvalue weighted by atomic mass is 16.6. The van der Waals surface area contributed by atoms with Crippen LogP contribution in [0.15, 0.2) is 78.1 Å². The monoisotopic (exact) mass is 513 g/mol. The second-order valence-corrected chi connectivity index (χ2v) is 8.53. The zero-order chi connectivity index (χ0) is 26.7. The molecular weight excluding hydrogens is 482 g/mol. The highest BCUT2D eigenvalue weighted by molar-refractivity contribution is 5.97. The van der Waals surface area contributed by atoms with Crippen LogP contribution in [-0.2, 0) is 11.2 Å². The molecule has 0 saturated carbocycles. The number of rotatable bonds is 8. The summed E-state index contributed by atoms with van der Waals surface area (Å²) in [5, 5.41) is 5.95. The van der Waals surface area contributed by atoms with Gasteiger partial charge in [0, 0.05) is 61.0 Å². The van der Waals surface area contributed by atoms with Gasteiger partial charge in [-0.3, -0.25) is 9.78 Å². The summed E-state index contributed by atoms with van der Waals surface area (Å²) in [5.41, 5.74) is 10.2. The van der Waals surface area contributed by atoms with E-state index in [4.69, 9.17) is 10.5 Å². The van der Waals surface area contributed by atoms with E-state index < -0.39 is 0 Å². The van der Waals surface area contributed by atoms with Gasteiger partial charge >= 0.3 is 6.09 Å². The summed E-state index contributed by atoms with van der Waals surface area (Å²) < 4.78 is 5.08. The van der Waals surface area contributed by atoms with Gasteiger partial charge in [-0.05, 0) is 67.4 Å². The zero-order valence-electron chi connectivity index (χ0n) is 21.3. The number of ether oxygens (including phenoxy) is 1. The highest BCUT2D eigenvalue weighted by Crippen LogP contribution is 2.29. The van der Waals surface area contributed by atoms with E-state index >= 15 is 0 Å². The minimum Gasteiger partial charge on any atom is -0.450 e. The molecule has 1 aliphatic rings. The highest BCUT2D eigenvalue weighted by Gasteiger charge is 2.20. The van der Waals surface area contributed by atoms with Crippen LogP contribution in [-0.4, -0.2) is 59.1 Å². The van der Waals surface area contributed by atoms with Gasteiger partial charge in [0.1, 0.15) is 0 Å². The van der Waals surface area contributed by atoms with E-state index in [1.807, 2.05) is 36.4 Å². The molecule has 0 aliphatic carbocycles. The van der Waals surface area contributed by atoms with Crippen molar-refractivity contribution in [2.24, 2.45) is 10.7 Å². The fourth-order valence-corrected chi connectivity index (χ4v) is 3.98. The number of aromatic nitrogens is 2. The first-order valence-corrected chi connectivity index (χ1v) is 12.5. The van der Waals surface area contributed by atoms with E-state index in [1.54, 1.807) is 48.5 Å². The smallest absolute Gasteiger partial charge is 0.410 e.